The summed E-state index contributed by atoms with van der Waals surface area (Å²) in [4.78, 5) is 20.6. The molecule has 0 saturated heterocycles. The summed E-state index contributed by atoms with van der Waals surface area (Å²) in [7, 11) is -2.46. The van der Waals surface area contributed by atoms with E-state index in [1.807, 2.05) is 0 Å². The van der Waals surface area contributed by atoms with Crippen LogP contribution in [0.4, 0.5) is 5.69 Å². The van der Waals surface area contributed by atoms with E-state index in [0.29, 0.717) is 17.1 Å². The molecule has 0 bridgehead atoms. The van der Waals surface area contributed by atoms with Crippen molar-refractivity contribution in [1.82, 2.24) is 14.3 Å². The van der Waals surface area contributed by atoms with Gasteiger partial charge in [0.15, 0.2) is 5.82 Å². The SMILES string of the molecule is CN(CC(=O)Nc1cnc(-c2cccc(O)c2)nc1)S(=O)(=O)c1ccc(Br)cc1. The van der Waals surface area contributed by atoms with Crippen LogP contribution in [-0.4, -0.2) is 47.3 Å². The van der Waals surface area contributed by atoms with Crippen molar-refractivity contribution in [3.63, 3.8) is 0 Å². The predicted molar refractivity (Wildman–Crippen MR) is 112 cm³/mol. The number of phenolic OH excluding ortho intramolecular Hbond substituents is 1. The lowest BCUT2D eigenvalue weighted by molar-refractivity contribution is -0.116. The number of nitrogens with one attached hydrogen (secondary N) is 1. The molecular formula is C19H17BrN4O4S. The third-order valence-corrected chi connectivity index (χ3v) is 6.27. The van der Waals surface area contributed by atoms with E-state index in [1.165, 1.54) is 43.7 Å². The van der Waals surface area contributed by atoms with Gasteiger partial charge >= 0.3 is 0 Å². The first-order valence-corrected chi connectivity index (χ1v) is 10.6. The average Bonchev–Trinajstić information content (AvgIpc) is 2.68. The molecule has 10 heteroatoms. The van der Waals surface area contributed by atoms with Crippen LogP contribution in [-0.2, 0) is 14.8 Å². The molecule has 2 N–H and O–H groups in total. The number of carbonyl (C=O) groups is 1. The number of aromatic hydroxyl groups is 1. The maximum absolute atomic E-state index is 12.5. The largest absolute Gasteiger partial charge is 0.508 e. The predicted octanol–water partition coefficient (Wildman–Crippen LogP) is 2.87. The number of phenols is 1. The van der Waals surface area contributed by atoms with Gasteiger partial charge in [0.05, 0.1) is 29.5 Å². The highest BCUT2D eigenvalue weighted by Crippen LogP contribution is 2.20. The number of halogens is 1. The van der Waals surface area contributed by atoms with Crippen molar-refractivity contribution in [3.8, 4) is 17.1 Å². The molecule has 3 aromatic rings. The quantitative estimate of drug-likeness (QED) is 0.565. The lowest BCUT2D eigenvalue weighted by atomic mass is 10.2. The lowest BCUT2D eigenvalue weighted by Crippen LogP contribution is -2.35. The van der Waals surface area contributed by atoms with Crippen molar-refractivity contribution in [1.29, 1.82) is 0 Å². The van der Waals surface area contributed by atoms with Gasteiger partial charge in [-0.25, -0.2) is 18.4 Å². The van der Waals surface area contributed by atoms with E-state index in [0.717, 1.165) is 8.78 Å². The van der Waals surface area contributed by atoms with Gasteiger partial charge < -0.3 is 10.4 Å². The number of rotatable bonds is 6. The average molecular weight is 477 g/mol. The van der Waals surface area contributed by atoms with Crippen LogP contribution in [0.1, 0.15) is 0 Å². The highest BCUT2D eigenvalue weighted by Gasteiger charge is 2.23. The summed E-state index contributed by atoms with van der Waals surface area (Å²) in [6.07, 6.45) is 2.82. The van der Waals surface area contributed by atoms with E-state index in [2.05, 4.69) is 31.2 Å². The van der Waals surface area contributed by atoms with Crippen molar-refractivity contribution < 1.29 is 18.3 Å². The molecule has 3 rings (SSSR count). The zero-order chi connectivity index (χ0) is 21.0. The number of nitrogens with zero attached hydrogens (tertiary/aromatic N) is 3. The van der Waals surface area contributed by atoms with Crippen LogP contribution >= 0.6 is 15.9 Å². The Hall–Kier alpha value is -2.82. The molecule has 1 aromatic heterocycles. The second-order valence-electron chi connectivity index (χ2n) is 6.11. The molecule has 8 nitrogen and oxygen atoms in total. The molecule has 0 aliphatic rings. The van der Waals surface area contributed by atoms with Crippen LogP contribution < -0.4 is 5.32 Å². The standard InChI is InChI=1S/C19H17BrN4O4S/c1-24(29(27,28)17-7-5-14(20)6-8-17)12-18(26)23-15-10-21-19(22-11-15)13-3-2-4-16(25)9-13/h2-11,25H,12H2,1H3,(H,23,26). The minimum Gasteiger partial charge on any atom is -0.508 e. The summed E-state index contributed by atoms with van der Waals surface area (Å²) in [5.41, 5.74) is 0.955. The maximum atomic E-state index is 12.5. The fourth-order valence-corrected chi connectivity index (χ4v) is 3.85. The number of anilines is 1. The number of likely N-dealkylation sites (N-methyl/N-ethyl adjacent to an activating group) is 1. The van der Waals surface area contributed by atoms with Crippen molar-refractivity contribution in [2.45, 2.75) is 4.90 Å². The van der Waals surface area contributed by atoms with Crippen molar-refractivity contribution in [2.24, 2.45) is 0 Å². The van der Waals surface area contributed by atoms with E-state index >= 15 is 0 Å². The number of hydrogen-bond donors (Lipinski definition) is 2. The first kappa shape index (κ1) is 20.9. The Morgan fingerprint density at radius 2 is 1.79 bits per heavy atom. The molecule has 0 saturated carbocycles. The van der Waals surface area contributed by atoms with Gasteiger partial charge in [-0.05, 0) is 36.4 Å². The molecule has 0 fully saturated rings. The van der Waals surface area contributed by atoms with Gasteiger partial charge in [0.2, 0.25) is 15.9 Å². The van der Waals surface area contributed by atoms with Crippen molar-refractivity contribution in [2.75, 3.05) is 18.9 Å². The van der Waals surface area contributed by atoms with Crippen LogP contribution in [0, 0.1) is 0 Å². The first-order valence-electron chi connectivity index (χ1n) is 8.39. The molecule has 0 radical (unpaired) electrons. The fraction of sp³-hybridized carbons (Fsp3) is 0.105. The van der Waals surface area contributed by atoms with E-state index in [9.17, 15) is 18.3 Å². The molecule has 0 atom stereocenters. The number of sulfonamides is 1. The third kappa shape index (κ3) is 5.17. The van der Waals surface area contributed by atoms with Gasteiger partial charge in [0, 0.05) is 17.1 Å². The molecule has 0 spiro atoms. The highest BCUT2D eigenvalue weighted by atomic mass is 79.9. The summed E-state index contributed by atoms with van der Waals surface area (Å²) in [5.74, 6) is -0.0470. The summed E-state index contributed by atoms with van der Waals surface area (Å²) in [6.45, 7) is -0.368. The van der Waals surface area contributed by atoms with Crippen LogP contribution in [0.3, 0.4) is 0 Å². The molecule has 29 heavy (non-hydrogen) atoms. The highest BCUT2D eigenvalue weighted by molar-refractivity contribution is 9.10. The molecule has 2 aromatic carbocycles. The summed E-state index contributed by atoms with van der Waals surface area (Å²) < 4.78 is 26.8. The first-order chi connectivity index (χ1) is 13.8. The minimum atomic E-state index is -3.79. The lowest BCUT2D eigenvalue weighted by Gasteiger charge is -2.17. The Bertz CT molecular complexity index is 1120. The van der Waals surface area contributed by atoms with Gasteiger partial charge in [-0.2, -0.15) is 4.31 Å². The minimum absolute atomic E-state index is 0.0924. The normalized spacial score (nSPS) is 11.4. The monoisotopic (exact) mass is 476 g/mol. The Morgan fingerprint density at radius 1 is 1.14 bits per heavy atom. The number of hydrogen-bond acceptors (Lipinski definition) is 6. The van der Waals surface area contributed by atoms with Crippen molar-refractivity contribution in [3.05, 3.63) is 65.4 Å². The molecule has 0 aliphatic heterocycles. The Kier molecular flexibility index (Phi) is 6.26. The van der Waals surface area contributed by atoms with Crippen molar-refractivity contribution >= 4 is 37.5 Å². The third-order valence-electron chi connectivity index (χ3n) is 3.93. The van der Waals surface area contributed by atoms with Crippen LogP contribution in [0.25, 0.3) is 11.4 Å². The summed E-state index contributed by atoms with van der Waals surface area (Å²) in [5, 5.41) is 12.1. The molecular weight excluding hydrogens is 460 g/mol. The Labute approximate surface area is 176 Å². The Morgan fingerprint density at radius 3 is 2.41 bits per heavy atom. The van der Waals surface area contributed by atoms with Gasteiger partial charge in [-0.1, -0.05) is 28.1 Å². The second kappa shape index (κ2) is 8.68. The number of carbonyl (C=O) groups excluding carboxylic acids is 1. The molecule has 1 amide bonds. The summed E-state index contributed by atoms with van der Waals surface area (Å²) >= 11 is 3.25. The van der Waals surface area contributed by atoms with Gasteiger partial charge in [0.1, 0.15) is 5.75 Å². The van der Waals surface area contributed by atoms with Crippen LogP contribution in [0.15, 0.2) is 70.3 Å². The molecule has 1 heterocycles. The van der Waals surface area contributed by atoms with E-state index in [-0.39, 0.29) is 17.2 Å². The second-order valence-corrected chi connectivity index (χ2v) is 9.07. The van der Waals surface area contributed by atoms with E-state index < -0.39 is 15.9 Å². The van der Waals surface area contributed by atoms with Gasteiger partial charge in [-0.15, -0.1) is 0 Å². The number of aromatic nitrogens is 2. The smallest absolute Gasteiger partial charge is 0.243 e. The van der Waals surface area contributed by atoms with Gasteiger partial charge in [-0.3, -0.25) is 4.79 Å². The topological polar surface area (TPSA) is 112 Å². The zero-order valence-corrected chi connectivity index (χ0v) is 17.7. The van der Waals surface area contributed by atoms with Gasteiger partial charge in [0.25, 0.3) is 0 Å². The zero-order valence-electron chi connectivity index (χ0n) is 15.3. The maximum Gasteiger partial charge on any atom is 0.243 e. The molecule has 150 valence electrons. The molecule has 0 unspecified atom stereocenters. The number of amides is 1. The van der Waals surface area contributed by atoms with E-state index in [4.69, 9.17) is 0 Å². The van der Waals surface area contributed by atoms with Crippen LogP contribution in [0.2, 0.25) is 0 Å². The van der Waals surface area contributed by atoms with Crippen LogP contribution in [0.5, 0.6) is 5.75 Å². The number of benzene rings is 2. The molecule has 0 aliphatic carbocycles. The Balaban J connectivity index is 1.65. The summed E-state index contributed by atoms with van der Waals surface area (Å²) in [6, 6.07) is 12.6. The fourth-order valence-electron chi connectivity index (χ4n) is 2.46. The van der Waals surface area contributed by atoms with E-state index in [1.54, 1.807) is 24.3 Å².